The topological polar surface area (TPSA) is 114 Å². The van der Waals surface area contributed by atoms with Crippen molar-refractivity contribution in [1.29, 1.82) is 0 Å². The molecule has 2 aromatic rings. The van der Waals surface area contributed by atoms with Crippen LogP contribution in [0.3, 0.4) is 0 Å². The largest absolute Gasteiger partial charge is 0.464 e. The number of rotatable bonds is 3. The predicted molar refractivity (Wildman–Crippen MR) is 67.3 cm³/mol. The van der Waals surface area contributed by atoms with Crippen molar-refractivity contribution in [3.05, 3.63) is 23.8 Å². The zero-order chi connectivity index (χ0) is 15.6. The highest BCUT2D eigenvalue weighted by Gasteiger charge is 2.21. The molecule has 0 unspecified atom stereocenters. The number of hydrogen-bond donors (Lipinski definition) is 0. The van der Waals surface area contributed by atoms with E-state index in [9.17, 15) is 9.59 Å². The monoisotopic (exact) mass is 294 g/mol. The maximum Gasteiger partial charge on any atom is 0.361 e. The fourth-order valence-corrected chi connectivity index (χ4v) is 1.33. The molecule has 0 radical (unpaired) electrons. The second-order valence-electron chi connectivity index (χ2n) is 5.04. The summed E-state index contributed by atoms with van der Waals surface area (Å²) < 4.78 is 9.67. The van der Waals surface area contributed by atoms with Gasteiger partial charge in [0.15, 0.2) is 11.4 Å². The molecule has 10 nitrogen and oxygen atoms in total. The SMILES string of the molecule is COC(=O)c1cn(-n2cc(C(=O)OC(C)(C)C)nn2)nn1. The minimum atomic E-state index is -0.633. The van der Waals surface area contributed by atoms with Crippen LogP contribution in [0.2, 0.25) is 0 Å². The first-order chi connectivity index (χ1) is 9.80. The van der Waals surface area contributed by atoms with Crippen molar-refractivity contribution in [3.63, 3.8) is 0 Å². The van der Waals surface area contributed by atoms with Gasteiger partial charge in [0.2, 0.25) is 0 Å². The fourth-order valence-electron chi connectivity index (χ4n) is 1.33. The summed E-state index contributed by atoms with van der Waals surface area (Å²) >= 11 is 0. The van der Waals surface area contributed by atoms with E-state index in [0.29, 0.717) is 0 Å². The first-order valence-corrected chi connectivity index (χ1v) is 5.97. The maximum atomic E-state index is 11.8. The number of methoxy groups -OCH3 is 1. The number of hydrogen-bond acceptors (Lipinski definition) is 8. The summed E-state index contributed by atoms with van der Waals surface area (Å²) in [7, 11) is 1.23. The molecule has 2 aromatic heterocycles. The van der Waals surface area contributed by atoms with Crippen molar-refractivity contribution < 1.29 is 19.1 Å². The van der Waals surface area contributed by atoms with Crippen molar-refractivity contribution in [1.82, 2.24) is 30.2 Å². The second kappa shape index (κ2) is 5.31. The van der Waals surface area contributed by atoms with Crippen molar-refractivity contribution in [3.8, 4) is 0 Å². The normalized spacial score (nSPS) is 11.2. The molecule has 0 aromatic carbocycles. The zero-order valence-corrected chi connectivity index (χ0v) is 12.0. The van der Waals surface area contributed by atoms with Crippen LogP contribution in [0.25, 0.3) is 0 Å². The highest BCUT2D eigenvalue weighted by Crippen LogP contribution is 2.10. The number of carbonyl (C=O) groups excluding carboxylic acids is 2. The lowest BCUT2D eigenvalue weighted by Gasteiger charge is -2.18. The van der Waals surface area contributed by atoms with Gasteiger partial charge in [-0.25, -0.2) is 9.59 Å². The van der Waals surface area contributed by atoms with Gasteiger partial charge in [-0.15, -0.1) is 19.8 Å². The van der Waals surface area contributed by atoms with Crippen LogP contribution in [0.5, 0.6) is 0 Å². The summed E-state index contributed by atoms with van der Waals surface area (Å²) in [5, 5.41) is 14.7. The molecule has 0 N–H and O–H groups in total. The summed E-state index contributed by atoms with van der Waals surface area (Å²) in [5.41, 5.74) is -0.613. The lowest BCUT2D eigenvalue weighted by molar-refractivity contribution is 0.00625. The van der Waals surface area contributed by atoms with Crippen LogP contribution >= 0.6 is 0 Å². The zero-order valence-electron chi connectivity index (χ0n) is 12.0. The predicted octanol–water partition coefficient (Wildman–Crippen LogP) is -0.0771. The van der Waals surface area contributed by atoms with Gasteiger partial charge in [0.25, 0.3) is 0 Å². The van der Waals surface area contributed by atoms with Gasteiger partial charge in [-0.3, -0.25) is 0 Å². The lowest BCUT2D eigenvalue weighted by atomic mass is 10.2. The van der Waals surface area contributed by atoms with Gasteiger partial charge < -0.3 is 9.47 Å². The van der Waals surface area contributed by atoms with Gasteiger partial charge in [-0.1, -0.05) is 0 Å². The Morgan fingerprint density at radius 2 is 1.48 bits per heavy atom. The number of ether oxygens (including phenoxy) is 2. The third kappa shape index (κ3) is 3.41. The Bertz CT molecular complexity index is 668. The van der Waals surface area contributed by atoms with Crippen LogP contribution in [0, 0.1) is 0 Å². The summed E-state index contributed by atoms with van der Waals surface area (Å²) in [5.74, 6) is -1.24. The van der Waals surface area contributed by atoms with Crippen molar-refractivity contribution in [2.75, 3.05) is 7.11 Å². The summed E-state index contributed by atoms with van der Waals surface area (Å²) in [6.45, 7) is 5.24. The van der Waals surface area contributed by atoms with Crippen LogP contribution in [-0.4, -0.2) is 54.9 Å². The van der Waals surface area contributed by atoms with Crippen LogP contribution in [-0.2, 0) is 9.47 Å². The van der Waals surface area contributed by atoms with Gasteiger partial charge in [0, 0.05) is 0 Å². The first-order valence-electron chi connectivity index (χ1n) is 5.97. The summed E-state index contributed by atoms with van der Waals surface area (Å²) in [6, 6.07) is 0. The number of aromatic nitrogens is 6. The molecule has 0 amide bonds. The molecule has 0 saturated carbocycles. The Morgan fingerprint density at radius 3 is 1.90 bits per heavy atom. The third-order valence-corrected chi connectivity index (χ3v) is 2.18. The molecule has 0 spiro atoms. The van der Waals surface area contributed by atoms with Crippen molar-refractivity contribution in [2.24, 2.45) is 0 Å². The smallest absolute Gasteiger partial charge is 0.361 e. The molecule has 0 bridgehead atoms. The van der Waals surface area contributed by atoms with Gasteiger partial charge in [0.05, 0.1) is 19.5 Å². The van der Waals surface area contributed by atoms with E-state index < -0.39 is 17.5 Å². The fraction of sp³-hybridized carbons (Fsp3) is 0.455. The van der Waals surface area contributed by atoms with E-state index in [0.717, 1.165) is 9.58 Å². The number of carbonyl (C=O) groups is 2. The Labute approximate surface area is 119 Å². The molecule has 0 aliphatic rings. The molecule has 112 valence electrons. The quantitative estimate of drug-likeness (QED) is 0.722. The minimum Gasteiger partial charge on any atom is -0.464 e. The van der Waals surface area contributed by atoms with E-state index >= 15 is 0 Å². The van der Waals surface area contributed by atoms with E-state index in [-0.39, 0.29) is 11.4 Å². The minimum absolute atomic E-state index is 0.00631. The summed E-state index contributed by atoms with van der Waals surface area (Å²) in [6.07, 6.45) is 2.60. The molecular weight excluding hydrogens is 280 g/mol. The van der Waals surface area contributed by atoms with Crippen molar-refractivity contribution >= 4 is 11.9 Å². The Balaban J connectivity index is 2.18. The van der Waals surface area contributed by atoms with E-state index in [1.165, 1.54) is 19.5 Å². The van der Waals surface area contributed by atoms with E-state index in [4.69, 9.17) is 4.74 Å². The molecule has 0 aliphatic heterocycles. The van der Waals surface area contributed by atoms with E-state index in [1.807, 2.05) is 0 Å². The molecule has 0 atom stereocenters. The van der Waals surface area contributed by atoms with Crippen molar-refractivity contribution in [2.45, 2.75) is 26.4 Å². The Kier molecular flexibility index (Phi) is 3.70. The highest BCUT2D eigenvalue weighted by molar-refractivity contribution is 5.87. The summed E-state index contributed by atoms with van der Waals surface area (Å²) in [4.78, 5) is 25.3. The Morgan fingerprint density at radius 1 is 1.00 bits per heavy atom. The van der Waals surface area contributed by atoms with Gasteiger partial charge in [-0.05, 0) is 31.2 Å². The third-order valence-electron chi connectivity index (χ3n) is 2.18. The highest BCUT2D eigenvalue weighted by atomic mass is 16.6. The number of esters is 2. The molecule has 2 heterocycles. The second-order valence-corrected chi connectivity index (χ2v) is 5.04. The van der Waals surface area contributed by atoms with Gasteiger partial charge in [-0.2, -0.15) is 0 Å². The van der Waals surface area contributed by atoms with Crippen LogP contribution in [0.15, 0.2) is 12.4 Å². The first kappa shape index (κ1) is 14.6. The molecule has 0 saturated heterocycles. The molecule has 21 heavy (non-hydrogen) atoms. The van der Waals surface area contributed by atoms with E-state index in [2.05, 4.69) is 25.4 Å². The maximum absolute atomic E-state index is 11.8. The molecule has 0 aliphatic carbocycles. The lowest BCUT2D eigenvalue weighted by Crippen LogP contribution is -2.24. The average Bonchev–Trinajstić information content (AvgIpc) is 3.04. The molecule has 0 fully saturated rings. The number of nitrogens with zero attached hydrogens (tertiary/aromatic N) is 6. The average molecular weight is 294 g/mol. The molecule has 2 rings (SSSR count). The molecule has 10 heteroatoms. The van der Waals surface area contributed by atoms with E-state index in [1.54, 1.807) is 20.8 Å². The van der Waals surface area contributed by atoms with Crippen LogP contribution in [0.1, 0.15) is 41.7 Å². The van der Waals surface area contributed by atoms with Gasteiger partial charge >= 0.3 is 11.9 Å². The standard InChI is InChI=1S/C11H14N6O4/c1-11(2,3)21-10(19)8-6-17(15-13-8)16-5-7(12-14-16)9(18)20-4/h5-6H,1-4H3. The van der Waals surface area contributed by atoms with Crippen LogP contribution < -0.4 is 0 Å². The Hall–Kier alpha value is -2.78. The van der Waals surface area contributed by atoms with Gasteiger partial charge in [0.1, 0.15) is 5.60 Å². The molecular formula is C11H14N6O4. The van der Waals surface area contributed by atoms with Crippen LogP contribution in [0.4, 0.5) is 0 Å².